The van der Waals surface area contributed by atoms with Crippen molar-refractivity contribution in [2.24, 2.45) is 0 Å². The molecule has 1 aromatic heterocycles. The molecule has 0 fully saturated rings. The number of benzene rings is 1. The molecule has 2 aromatic rings. The van der Waals surface area contributed by atoms with E-state index in [-0.39, 0.29) is 34.6 Å². The number of anilines is 1. The standard InChI is InChI=1S/C18H17N3O4S/c1-10(2)14-5-3-11(8-19)17(21-14)26-9-16(23)20-12-4-6-15(22)13(7-12)18(24)25/h3-7,10,22H,9H2,1-2H3,(H,20,23)(H,24,25). The molecule has 26 heavy (non-hydrogen) atoms. The number of carboxylic acid groups (broad SMARTS) is 1. The Labute approximate surface area is 154 Å². The molecule has 7 nitrogen and oxygen atoms in total. The summed E-state index contributed by atoms with van der Waals surface area (Å²) in [5.41, 5.74) is 1.19. The molecule has 0 bridgehead atoms. The first-order chi connectivity index (χ1) is 12.3. The van der Waals surface area contributed by atoms with Crippen molar-refractivity contribution in [2.75, 3.05) is 11.1 Å². The van der Waals surface area contributed by atoms with Gasteiger partial charge < -0.3 is 15.5 Å². The van der Waals surface area contributed by atoms with Crippen molar-refractivity contribution in [3.63, 3.8) is 0 Å². The van der Waals surface area contributed by atoms with Crippen LogP contribution in [0.2, 0.25) is 0 Å². The molecule has 0 unspecified atom stereocenters. The van der Waals surface area contributed by atoms with Gasteiger partial charge in [-0.3, -0.25) is 4.79 Å². The van der Waals surface area contributed by atoms with Crippen molar-refractivity contribution < 1.29 is 19.8 Å². The van der Waals surface area contributed by atoms with Gasteiger partial charge in [-0.25, -0.2) is 9.78 Å². The first kappa shape index (κ1) is 19.3. The predicted molar refractivity (Wildman–Crippen MR) is 97.5 cm³/mol. The second kappa shape index (κ2) is 8.36. The van der Waals surface area contributed by atoms with Crippen LogP contribution < -0.4 is 5.32 Å². The monoisotopic (exact) mass is 371 g/mol. The second-order valence-corrected chi connectivity index (χ2v) is 6.69. The molecule has 1 aromatic carbocycles. The minimum Gasteiger partial charge on any atom is -0.507 e. The van der Waals surface area contributed by atoms with Gasteiger partial charge in [0.2, 0.25) is 5.91 Å². The van der Waals surface area contributed by atoms with Crippen molar-refractivity contribution in [2.45, 2.75) is 24.8 Å². The van der Waals surface area contributed by atoms with E-state index in [9.17, 15) is 20.0 Å². The Morgan fingerprint density at radius 2 is 2.04 bits per heavy atom. The number of amides is 1. The Bertz CT molecular complexity index is 890. The quantitative estimate of drug-likeness (QED) is 0.526. The first-order valence-electron chi connectivity index (χ1n) is 7.71. The first-order valence-corrected chi connectivity index (χ1v) is 8.70. The summed E-state index contributed by atoms with van der Waals surface area (Å²) in [6.45, 7) is 3.97. The highest BCUT2D eigenvalue weighted by Gasteiger charge is 2.13. The third-order valence-electron chi connectivity index (χ3n) is 3.44. The molecule has 8 heteroatoms. The molecule has 1 heterocycles. The van der Waals surface area contributed by atoms with E-state index in [1.807, 2.05) is 13.8 Å². The lowest BCUT2D eigenvalue weighted by Gasteiger charge is -2.09. The third kappa shape index (κ3) is 4.74. The summed E-state index contributed by atoms with van der Waals surface area (Å²) in [5, 5.41) is 30.7. The van der Waals surface area contributed by atoms with Gasteiger partial charge in [0.25, 0.3) is 0 Å². The van der Waals surface area contributed by atoms with Gasteiger partial charge in [-0.15, -0.1) is 0 Å². The van der Waals surface area contributed by atoms with Gasteiger partial charge in [0.1, 0.15) is 22.4 Å². The highest BCUT2D eigenvalue weighted by Crippen LogP contribution is 2.25. The number of carbonyl (C=O) groups excluding carboxylic acids is 1. The maximum absolute atomic E-state index is 12.1. The van der Waals surface area contributed by atoms with Gasteiger partial charge in [0.15, 0.2) is 0 Å². The largest absolute Gasteiger partial charge is 0.507 e. The summed E-state index contributed by atoms with van der Waals surface area (Å²) in [7, 11) is 0. The number of nitrogens with one attached hydrogen (secondary N) is 1. The number of nitrogens with zero attached hydrogens (tertiary/aromatic N) is 2. The Kier molecular flexibility index (Phi) is 6.20. The number of thioether (sulfide) groups is 1. The van der Waals surface area contributed by atoms with Crippen molar-refractivity contribution in [1.29, 1.82) is 5.26 Å². The zero-order valence-corrected chi connectivity index (χ0v) is 15.0. The fourth-order valence-corrected chi connectivity index (χ4v) is 2.87. The molecule has 0 aliphatic rings. The van der Waals surface area contributed by atoms with Crippen LogP contribution in [0, 0.1) is 11.3 Å². The zero-order valence-electron chi connectivity index (χ0n) is 14.2. The Balaban J connectivity index is 2.08. The molecule has 2 rings (SSSR count). The van der Waals surface area contributed by atoms with Crippen molar-refractivity contribution in [1.82, 2.24) is 4.98 Å². The lowest BCUT2D eigenvalue weighted by molar-refractivity contribution is -0.113. The smallest absolute Gasteiger partial charge is 0.339 e. The number of nitriles is 1. The summed E-state index contributed by atoms with van der Waals surface area (Å²) in [6.07, 6.45) is 0. The van der Waals surface area contributed by atoms with Crippen LogP contribution in [-0.4, -0.2) is 32.8 Å². The Hall–Kier alpha value is -3.05. The number of aromatic nitrogens is 1. The van der Waals surface area contributed by atoms with Crippen molar-refractivity contribution in [3.05, 3.63) is 47.2 Å². The molecule has 0 aliphatic heterocycles. The number of carboxylic acids is 1. The number of pyridine rings is 1. The van der Waals surface area contributed by atoms with Crippen LogP contribution in [-0.2, 0) is 4.79 Å². The summed E-state index contributed by atoms with van der Waals surface area (Å²) in [6, 6.07) is 9.31. The fourth-order valence-electron chi connectivity index (χ4n) is 2.09. The minimum atomic E-state index is -1.29. The van der Waals surface area contributed by atoms with Crippen molar-refractivity contribution in [3.8, 4) is 11.8 Å². The van der Waals surface area contributed by atoms with Crippen LogP contribution in [0.15, 0.2) is 35.4 Å². The van der Waals surface area contributed by atoms with Crippen LogP contribution in [0.25, 0.3) is 0 Å². The van der Waals surface area contributed by atoms with Crippen LogP contribution in [0.3, 0.4) is 0 Å². The zero-order chi connectivity index (χ0) is 19.3. The predicted octanol–water partition coefficient (Wildman–Crippen LogP) is 3.21. The maximum atomic E-state index is 12.1. The van der Waals surface area contributed by atoms with Crippen LogP contribution in [0.1, 0.15) is 41.4 Å². The Morgan fingerprint density at radius 3 is 2.65 bits per heavy atom. The molecular weight excluding hydrogens is 354 g/mol. The number of rotatable bonds is 6. The normalized spacial score (nSPS) is 10.4. The molecule has 134 valence electrons. The number of carbonyl (C=O) groups is 2. The highest BCUT2D eigenvalue weighted by atomic mass is 32.2. The van der Waals surface area contributed by atoms with E-state index in [2.05, 4.69) is 16.4 Å². The van der Waals surface area contributed by atoms with Crippen LogP contribution in [0.4, 0.5) is 5.69 Å². The van der Waals surface area contributed by atoms with E-state index in [4.69, 9.17) is 5.11 Å². The molecule has 0 spiro atoms. The summed E-state index contributed by atoms with van der Waals surface area (Å²) >= 11 is 1.13. The average Bonchev–Trinajstić information content (AvgIpc) is 2.61. The number of hydrogen-bond donors (Lipinski definition) is 3. The van der Waals surface area contributed by atoms with Gasteiger partial charge in [-0.2, -0.15) is 5.26 Å². The molecule has 0 radical (unpaired) electrons. The van der Waals surface area contributed by atoms with E-state index >= 15 is 0 Å². The van der Waals surface area contributed by atoms with E-state index in [1.165, 1.54) is 18.2 Å². The summed E-state index contributed by atoms with van der Waals surface area (Å²) in [5.74, 6) is -1.84. The molecule has 1 amide bonds. The molecule has 3 N–H and O–H groups in total. The minimum absolute atomic E-state index is 0.00646. The van der Waals surface area contributed by atoms with E-state index < -0.39 is 5.97 Å². The van der Waals surface area contributed by atoms with Gasteiger partial charge in [-0.05, 0) is 36.2 Å². The molecule has 0 saturated carbocycles. The van der Waals surface area contributed by atoms with Crippen LogP contribution in [0.5, 0.6) is 5.75 Å². The summed E-state index contributed by atoms with van der Waals surface area (Å²) in [4.78, 5) is 27.6. The van der Waals surface area contributed by atoms with Crippen LogP contribution >= 0.6 is 11.8 Å². The molecule has 0 aliphatic carbocycles. The second-order valence-electron chi connectivity index (χ2n) is 5.73. The molecular formula is C18H17N3O4S. The average molecular weight is 371 g/mol. The highest BCUT2D eigenvalue weighted by molar-refractivity contribution is 8.00. The van der Waals surface area contributed by atoms with Gasteiger partial charge in [0.05, 0.1) is 11.3 Å². The number of hydrogen-bond acceptors (Lipinski definition) is 6. The van der Waals surface area contributed by atoms with Gasteiger partial charge in [-0.1, -0.05) is 25.6 Å². The Morgan fingerprint density at radius 1 is 1.31 bits per heavy atom. The lowest BCUT2D eigenvalue weighted by atomic mass is 10.1. The third-order valence-corrected chi connectivity index (χ3v) is 4.44. The molecule has 0 atom stereocenters. The van der Waals surface area contributed by atoms with E-state index in [0.29, 0.717) is 10.6 Å². The number of aromatic carboxylic acids is 1. The van der Waals surface area contributed by atoms with Crippen molar-refractivity contribution >= 4 is 29.3 Å². The molecule has 0 saturated heterocycles. The fraction of sp³-hybridized carbons (Fsp3) is 0.222. The maximum Gasteiger partial charge on any atom is 0.339 e. The van der Waals surface area contributed by atoms with E-state index in [0.717, 1.165) is 17.5 Å². The SMILES string of the molecule is CC(C)c1ccc(C#N)c(SCC(=O)Nc2ccc(O)c(C(=O)O)c2)n1. The number of aromatic hydroxyl groups is 1. The summed E-state index contributed by atoms with van der Waals surface area (Å²) < 4.78 is 0. The number of phenols is 1. The van der Waals surface area contributed by atoms with E-state index in [1.54, 1.807) is 12.1 Å². The topological polar surface area (TPSA) is 123 Å². The van der Waals surface area contributed by atoms with Gasteiger partial charge >= 0.3 is 5.97 Å². The van der Waals surface area contributed by atoms with Gasteiger partial charge in [0, 0.05) is 11.4 Å². The lowest BCUT2D eigenvalue weighted by Crippen LogP contribution is -2.15.